The molecule has 2 aromatic carbocycles. The summed E-state index contributed by atoms with van der Waals surface area (Å²) in [5.41, 5.74) is 17.0. The van der Waals surface area contributed by atoms with Crippen LogP contribution in [0.4, 0.5) is 5.82 Å². The van der Waals surface area contributed by atoms with E-state index in [1.165, 1.54) is 4.52 Å². The minimum Gasteiger partial charge on any atom is -0.381 e. The number of aromatic nitrogens is 6. The molecule has 0 radical (unpaired) electrons. The van der Waals surface area contributed by atoms with E-state index >= 15 is 0 Å². The van der Waals surface area contributed by atoms with Crippen LogP contribution in [0.15, 0.2) is 94.9 Å². The number of nitrogens with two attached hydrogens (primary N) is 2. The largest absolute Gasteiger partial charge is 0.381 e. The van der Waals surface area contributed by atoms with Crippen molar-refractivity contribution in [1.82, 2.24) is 34.0 Å². The molecule has 0 bridgehead atoms. The van der Waals surface area contributed by atoms with E-state index in [0.717, 1.165) is 64.7 Å². The summed E-state index contributed by atoms with van der Waals surface area (Å²) < 4.78 is 5.16. The number of nitrogens with one attached hydrogen (secondary N) is 1. The minimum absolute atomic E-state index is 0.00657. The summed E-state index contributed by atoms with van der Waals surface area (Å²) >= 11 is 6.15. The number of fused-ring (bicyclic) bond motifs is 3. The Morgan fingerprint density at radius 1 is 0.852 bits per heavy atom. The normalized spacial score (nSPS) is 15.2. The maximum atomic E-state index is 13.9. The molecular formula is C41H40ClN9O3. The third kappa shape index (κ3) is 6.41. The first kappa shape index (κ1) is 35.2. The molecule has 0 saturated heterocycles. The summed E-state index contributed by atoms with van der Waals surface area (Å²) in [7, 11) is 0. The topological polar surface area (TPSA) is 168 Å². The van der Waals surface area contributed by atoms with Crippen LogP contribution in [-0.4, -0.2) is 34.6 Å². The average molecular weight is 742 g/mol. The highest BCUT2D eigenvalue weighted by atomic mass is 35.5. The molecule has 2 aliphatic rings. The van der Waals surface area contributed by atoms with Crippen LogP contribution >= 0.6 is 11.6 Å². The molecule has 2 fully saturated rings. The van der Waals surface area contributed by atoms with Gasteiger partial charge in [0.2, 0.25) is 0 Å². The number of anilines is 1. The molecule has 0 unspecified atom stereocenters. The van der Waals surface area contributed by atoms with Crippen molar-refractivity contribution in [3.05, 3.63) is 134 Å². The van der Waals surface area contributed by atoms with E-state index in [1.54, 1.807) is 30.7 Å². The number of aryl methyl sites for hydroxylation is 1. The Kier molecular flexibility index (Phi) is 9.03. The summed E-state index contributed by atoms with van der Waals surface area (Å²) in [5, 5.41) is 10.7. The minimum atomic E-state index is -0.444. The second-order valence-electron chi connectivity index (χ2n) is 14.2. The zero-order chi connectivity index (χ0) is 37.8. The lowest BCUT2D eigenvalue weighted by Gasteiger charge is -2.21. The lowest BCUT2D eigenvalue weighted by molar-refractivity contribution is 0.0940. The zero-order valence-electron chi connectivity index (χ0n) is 30.2. The second-order valence-corrected chi connectivity index (χ2v) is 14.6. The van der Waals surface area contributed by atoms with Crippen LogP contribution in [0.25, 0.3) is 38.3 Å². The maximum absolute atomic E-state index is 13.9. The van der Waals surface area contributed by atoms with Gasteiger partial charge in [0.1, 0.15) is 5.56 Å². The van der Waals surface area contributed by atoms with Gasteiger partial charge < -0.3 is 25.9 Å². The van der Waals surface area contributed by atoms with Crippen LogP contribution in [0, 0.1) is 6.92 Å². The van der Waals surface area contributed by atoms with Gasteiger partial charge in [-0.05, 0) is 105 Å². The van der Waals surface area contributed by atoms with Crippen LogP contribution in [0.3, 0.4) is 0 Å². The fourth-order valence-electron chi connectivity index (χ4n) is 7.27. The highest BCUT2D eigenvalue weighted by Crippen LogP contribution is 2.39. The van der Waals surface area contributed by atoms with Gasteiger partial charge in [0, 0.05) is 53.8 Å². The highest BCUT2D eigenvalue weighted by Gasteiger charge is 2.31. The van der Waals surface area contributed by atoms with Crippen molar-refractivity contribution in [2.75, 3.05) is 5.73 Å². The molecule has 2 atom stereocenters. The van der Waals surface area contributed by atoms with Crippen LogP contribution in [0.5, 0.6) is 0 Å². The molecule has 9 rings (SSSR count). The first-order valence-electron chi connectivity index (χ1n) is 18.1. The first-order valence-corrected chi connectivity index (χ1v) is 18.5. The fraction of sp³-hybridized carbons (Fsp3) is 0.268. The molecule has 1 amide bonds. The van der Waals surface area contributed by atoms with Crippen molar-refractivity contribution in [2.45, 2.75) is 70.6 Å². The van der Waals surface area contributed by atoms with Gasteiger partial charge in [-0.2, -0.15) is 0 Å². The summed E-state index contributed by atoms with van der Waals surface area (Å²) in [6, 6.07) is 20.8. The molecule has 5 aromatic heterocycles. The molecule has 12 nitrogen and oxygen atoms in total. The lowest BCUT2D eigenvalue weighted by atomic mass is 9.98. The number of carbonyl (C=O) groups is 1. The van der Waals surface area contributed by atoms with Gasteiger partial charge in [-0.15, -0.1) is 5.10 Å². The van der Waals surface area contributed by atoms with E-state index in [1.807, 2.05) is 84.5 Å². The van der Waals surface area contributed by atoms with E-state index in [9.17, 15) is 14.4 Å². The quantitative estimate of drug-likeness (QED) is 0.160. The molecule has 7 aromatic rings. The number of benzene rings is 2. The van der Waals surface area contributed by atoms with Gasteiger partial charge >= 0.3 is 0 Å². The number of rotatable bonds is 7. The highest BCUT2D eigenvalue weighted by molar-refractivity contribution is 6.35. The van der Waals surface area contributed by atoms with Crippen molar-refractivity contribution in [2.24, 2.45) is 5.73 Å². The monoisotopic (exact) mass is 741 g/mol. The Morgan fingerprint density at radius 2 is 1.50 bits per heavy atom. The Labute approximate surface area is 315 Å². The van der Waals surface area contributed by atoms with Gasteiger partial charge in [0.05, 0.1) is 21.8 Å². The van der Waals surface area contributed by atoms with Gasteiger partial charge in [-0.1, -0.05) is 41.9 Å². The Bertz CT molecular complexity index is 2730. The first-order chi connectivity index (χ1) is 26.0. The summed E-state index contributed by atoms with van der Waals surface area (Å²) in [6.45, 7) is 5.72. The summed E-state index contributed by atoms with van der Waals surface area (Å²) in [6.07, 6.45) is 9.00. The van der Waals surface area contributed by atoms with E-state index in [4.69, 9.17) is 23.1 Å². The number of hydrogen-bond donors (Lipinski definition) is 3. The SMILES string of the molecule is C[C@H](N)c1cc2cccc(Cl)c2c(=O)n1C1CC1.Cc1cc(-c2cccc3cc([C@H](C)NC(=O)c4c(N)nn5cccnc45)n(C4CC4)c(=O)c23)ccn1. The fourth-order valence-corrected chi connectivity index (χ4v) is 7.53. The average Bonchev–Trinajstić information content (AvgIpc) is 4.09. The third-order valence-corrected chi connectivity index (χ3v) is 10.4. The molecule has 5 N–H and O–H groups in total. The van der Waals surface area contributed by atoms with Gasteiger partial charge in [-0.25, -0.2) is 9.50 Å². The molecule has 13 heteroatoms. The van der Waals surface area contributed by atoms with E-state index in [0.29, 0.717) is 27.5 Å². The smallest absolute Gasteiger partial charge is 0.260 e. The van der Waals surface area contributed by atoms with Gasteiger partial charge in [0.15, 0.2) is 11.5 Å². The van der Waals surface area contributed by atoms with Crippen LogP contribution < -0.4 is 27.9 Å². The number of hydrogen-bond acceptors (Lipinski definition) is 8. The van der Waals surface area contributed by atoms with E-state index in [2.05, 4.69) is 20.4 Å². The number of carbonyl (C=O) groups excluding carboxylic acids is 1. The Hall–Kier alpha value is -5.85. The van der Waals surface area contributed by atoms with Crippen molar-refractivity contribution < 1.29 is 4.79 Å². The summed E-state index contributed by atoms with van der Waals surface area (Å²) in [5.74, 6) is -0.279. The Morgan fingerprint density at radius 3 is 2.19 bits per heavy atom. The molecular weight excluding hydrogens is 702 g/mol. The number of amides is 1. The number of pyridine rings is 3. The summed E-state index contributed by atoms with van der Waals surface area (Å²) in [4.78, 5) is 48.3. The number of nitrogens with zero attached hydrogens (tertiary/aromatic N) is 6. The Balaban J connectivity index is 0.000000192. The van der Waals surface area contributed by atoms with Crippen LogP contribution in [-0.2, 0) is 0 Å². The van der Waals surface area contributed by atoms with E-state index < -0.39 is 6.04 Å². The molecule has 2 saturated carbocycles. The molecule has 5 heterocycles. The van der Waals surface area contributed by atoms with Gasteiger partial charge in [0.25, 0.3) is 17.0 Å². The van der Waals surface area contributed by atoms with Crippen molar-refractivity contribution in [1.29, 1.82) is 0 Å². The lowest BCUT2D eigenvalue weighted by Crippen LogP contribution is -2.32. The predicted octanol–water partition coefficient (Wildman–Crippen LogP) is 6.83. The molecule has 274 valence electrons. The van der Waals surface area contributed by atoms with Gasteiger partial charge in [-0.3, -0.25) is 19.4 Å². The molecule has 2 aliphatic carbocycles. The second kappa shape index (κ2) is 13.9. The predicted molar refractivity (Wildman–Crippen MR) is 212 cm³/mol. The van der Waals surface area contributed by atoms with E-state index in [-0.39, 0.29) is 40.5 Å². The maximum Gasteiger partial charge on any atom is 0.260 e. The molecule has 54 heavy (non-hydrogen) atoms. The van der Waals surface area contributed by atoms with Crippen LogP contribution in [0.2, 0.25) is 5.02 Å². The van der Waals surface area contributed by atoms with Crippen molar-refractivity contribution in [3.63, 3.8) is 0 Å². The number of halogens is 1. The third-order valence-electron chi connectivity index (χ3n) is 10.1. The number of nitrogen functional groups attached to an aromatic ring is 1. The molecule has 0 aliphatic heterocycles. The van der Waals surface area contributed by atoms with Crippen molar-refractivity contribution >= 4 is 50.5 Å². The zero-order valence-corrected chi connectivity index (χ0v) is 30.9. The van der Waals surface area contributed by atoms with Crippen molar-refractivity contribution in [3.8, 4) is 11.1 Å². The van der Waals surface area contributed by atoms with Crippen LogP contribution in [0.1, 0.15) is 91.1 Å². The standard InChI is InChI=1S/C27H25N7O2.C14H15ClN2O/c1-15-13-17(9-11-29-15)20-6-3-5-18-14-21(34(19-7-8-19)27(36)22(18)20)16(2)31-26(35)23-24(28)32-33-12-4-10-30-25(23)33;1-8(16)12-7-9-3-2-4-11(15)13(9)14(18)17(12)10-5-6-10/h3-6,9-14,16,19H,7-8H2,1-2H3,(H2,28,32)(H,31,35);2-4,7-8,10H,5-6,16H2,1H3/t16-;8-/m00/s1. The molecule has 0 spiro atoms.